The molecule has 0 aromatic carbocycles. The van der Waals surface area contributed by atoms with E-state index in [0.29, 0.717) is 5.92 Å². The highest BCUT2D eigenvalue weighted by Crippen LogP contribution is 2.42. The van der Waals surface area contributed by atoms with Crippen molar-refractivity contribution in [3.05, 3.63) is 0 Å². The van der Waals surface area contributed by atoms with Crippen LogP contribution < -0.4 is 5.73 Å². The lowest BCUT2D eigenvalue weighted by Gasteiger charge is -1.99. The standard InChI is InChI=1S/C8H13N/c1-3-6-5-7(6)8(9)4-2/h2,6-8H,3,5,9H2,1H3/t6-,7-,8?/m1/s1. The van der Waals surface area contributed by atoms with Gasteiger partial charge in [-0.2, -0.15) is 0 Å². The van der Waals surface area contributed by atoms with Gasteiger partial charge in [0.15, 0.2) is 0 Å². The predicted octanol–water partition coefficient (Wildman–Crippen LogP) is 0.993. The molecule has 1 heteroatoms. The van der Waals surface area contributed by atoms with Crippen LogP contribution in [0.15, 0.2) is 0 Å². The Morgan fingerprint density at radius 3 is 2.89 bits per heavy atom. The second-order valence-corrected chi connectivity index (χ2v) is 2.76. The molecule has 1 aliphatic carbocycles. The van der Waals surface area contributed by atoms with E-state index in [2.05, 4.69) is 12.8 Å². The van der Waals surface area contributed by atoms with Gasteiger partial charge in [0.1, 0.15) is 0 Å². The topological polar surface area (TPSA) is 26.0 Å². The van der Waals surface area contributed by atoms with Gasteiger partial charge in [0.05, 0.1) is 6.04 Å². The molecule has 1 saturated carbocycles. The van der Waals surface area contributed by atoms with Crippen molar-refractivity contribution in [2.24, 2.45) is 17.6 Å². The third-order valence-corrected chi connectivity index (χ3v) is 2.16. The maximum absolute atomic E-state index is 5.61. The molecule has 0 saturated heterocycles. The van der Waals surface area contributed by atoms with Crippen LogP contribution in [0.25, 0.3) is 0 Å². The van der Waals surface area contributed by atoms with Crippen LogP contribution in [0.2, 0.25) is 0 Å². The van der Waals surface area contributed by atoms with E-state index in [1.165, 1.54) is 12.8 Å². The molecule has 0 radical (unpaired) electrons. The van der Waals surface area contributed by atoms with E-state index in [9.17, 15) is 0 Å². The zero-order valence-electron chi connectivity index (χ0n) is 5.80. The van der Waals surface area contributed by atoms with Crippen molar-refractivity contribution in [2.75, 3.05) is 0 Å². The summed E-state index contributed by atoms with van der Waals surface area (Å²) in [6, 6.07) is 0.0231. The summed E-state index contributed by atoms with van der Waals surface area (Å²) in [5.41, 5.74) is 5.61. The Morgan fingerprint density at radius 1 is 1.89 bits per heavy atom. The van der Waals surface area contributed by atoms with Crippen LogP contribution in [0.1, 0.15) is 19.8 Å². The van der Waals surface area contributed by atoms with Gasteiger partial charge >= 0.3 is 0 Å². The molecule has 0 spiro atoms. The molecular formula is C8H13N. The molecule has 0 heterocycles. The number of terminal acetylenes is 1. The second kappa shape index (κ2) is 2.41. The Morgan fingerprint density at radius 2 is 2.56 bits per heavy atom. The van der Waals surface area contributed by atoms with Crippen LogP contribution >= 0.6 is 0 Å². The van der Waals surface area contributed by atoms with Gasteiger partial charge in [-0.05, 0) is 18.3 Å². The van der Waals surface area contributed by atoms with Crippen LogP contribution in [0, 0.1) is 24.2 Å². The Balaban J connectivity index is 2.27. The summed E-state index contributed by atoms with van der Waals surface area (Å²) in [5.74, 6) is 4.04. The van der Waals surface area contributed by atoms with E-state index >= 15 is 0 Å². The van der Waals surface area contributed by atoms with Gasteiger partial charge in [0.2, 0.25) is 0 Å². The van der Waals surface area contributed by atoms with Crippen LogP contribution in [0.5, 0.6) is 0 Å². The van der Waals surface area contributed by atoms with Crippen LogP contribution in [0.3, 0.4) is 0 Å². The highest BCUT2D eigenvalue weighted by Gasteiger charge is 2.38. The van der Waals surface area contributed by atoms with Crippen molar-refractivity contribution in [1.29, 1.82) is 0 Å². The lowest BCUT2D eigenvalue weighted by atomic mass is 10.1. The van der Waals surface area contributed by atoms with E-state index < -0.39 is 0 Å². The fourth-order valence-corrected chi connectivity index (χ4v) is 1.30. The lowest BCUT2D eigenvalue weighted by molar-refractivity contribution is 0.631. The summed E-state index contributed by atoms with van der Waals surface area (Å²) in [6.45, 7) is 2.19. The molecule has 1 rings (SSSR count). The molecule has 1 unspecified atom stereocenters. The van der Waals surface area contributed by atoms with E-state index in [4.69, 9.17) is 12.2 Å². The van der Waals surface area contributed by atoms with Gasteiger partial charge in [-0.3, -0.25) is 0 Å². The van der Waals surface area contributed by atoms with Crippen LogP contribution in [-0.2, 0) is 0 Å². The van der Waals surface area contributed by atoms with Crippen molar-refractivity contribution in [2.45, 2.75) is 25.8 Å². The van der Waals surface area contributed by atoms with E-state index in [1.54, 1.807) is 0 Å². The molecule has 0 amide bonds. The summed E-state index contributed by atoms with van der Waals surface area (Å²) in [6.07, 6.45) is 7.64. The molecule has 9 heavy (non-hydrogen) atoms. The molecule has 1 fully saturated rings. The average Bonchev–Trinajstić information content (AvgIpc) is 2.64. The van der Waals surface area contributed by atoms with Crippen molar-refractivity contribution in [3.63, 3.8) is 0 Å². The average molecular weight is 123 g/mol. The normalized spacial score (nSPS) is 35.2. The van der Waals surface area contributed by atoms with Gasteiger partial charge in [-0.25, -0.2) is 0 Å². The quantitative estimate of drug-likeness (QED) is 0.544. The van der Waals surface area contributed by atoms with Crippen molar-refractivity contribution < 1.29 is 0 Å². The number of nitrogens with two attached hydrogens (primary N) is 1. The van der Waals surface area contributed by atoms with Gasteiger partial charge in [0.25, 0.3) is 0 Å². The SMILES string of the molecule is C#CC(N)[C@@H]1C[C@H]1CC. The molecule has 2 N–H and O–H groups in total. The zero-order valence-corrected chi connectivity index (χ0v) is 5.80. The molecule has 0 aromatic rings. The number of rotatable bonds is 2. The van der Waals surface area contributed by atoms with E-state index in [-0.39, 0.29) is 6.04 Å². The Kier molecular flexibility index (Phi) is 1.78. The molecule has 0 aromatic heterocycles. The molecule has 1 nitrogen and oxygen atoms in total. The summed E-state index contributed by atoms with van der Waals surface area (Å²) in [7, 11) is 0. The van der Waals surface area contributed by atoms with Gasteiger partial charge < -0.3 is 5.73 Å². The van der Waals surface area contributed by atoms with Crippen molar-refractivity contribution >= 4 is 0 Å². The van der Waals surface area contributed by atoms with Crippen molar-refractivity contribution in [3.8, 4) is 12.3 Å². The molecular weight excluding hydrogens is 110 g/mol. The minimum absolute atomic E-state index is 0.0231. The number of hydrogen-bond acceptors (Lipinski definition) is 1. The van der Waals surface area contributed by atoms with Crippen LogP contribution in [-0.4, -0.2) is 6.04 Å². The largest absolute Gasteiger partial charge is 0.317 e. The van der Waals surface area contributed by atoms with Gasteiger partial charge in [-0.15, -0.1) is 6.42 Å². The summed E-state index contributed by atoms with van der Waals surface area (Å²) >= 11 is 0. The minimum Gasteiger partial charge on any atom is -0.317 e. The number of hydrogen-bond donors (Lipinski definition) is 1. The van der Waals surface area contributed by atoms with E-state index in [1.807, 2.05) is 0 Å². The Bertz CT molecular complexity index is 134. The molecule has 50 valence electrons. The lowest BCUT2D eigenvalue weighted by Crippen LogP contribution is -2.20. The molecule has 0 aliphatic heterocycles. The molecule has 0 bridgehead atoms. The first kappa shape index (κ1) is 6.64. The molecule has 3 atom stereocenters. The van der Waals surface area contributed by atoms with Gasteiger partial charge in [-0.1, -0.05) is 19.3 Å². The maximum Gasteiger partial charge on any atom is 0.0693 e. The zero-order chi connectivity index (χ0) is 6.85. The third kappa shape index (κ3) is 1.25. The smallest absolute Gasteiger partial charge is 0.0693 e. The first-order valence-electron chi connectivity index (χ1n) is 3.51. The summed E-state index contributed by atoms with van der Waals surface area (Å²) in [4.78, 5) is 0. The highest BCUT2D eigenvalue weighted by molar-refractivity contribution is 5.07. The first-order chi connectivity index (χ1) is 4.29. The predicted molar refractivity (Wildman–Crippen MR) is 38.7 cm³/mol. The maximum atomic E-state index is 5.61. The highest BCUT2D eigenvalue weighted by atomic mass is 14.7. The second-order valence-electron chi connectivity index (χ2n) is 2.76. The molecule has 1 aliphatic rings. The van der Waals surface area contributed by atoms with Gasteiger partial charge in [0, 0.05) is 0 Å². The summed E-state index contributed by atoms with van der Waals surface area (Å²) in [5, 5.41) is 0. The van der Waals surface area contributed by atoms with Crippen molar-refractivity contribution in [1.82, 2.24) is 0 Å². The van der Waals surface area contributed by atoms with E-state index in [0.717, 1.165) is 5.92 Å². The minimum atomic E-state index is 0.0231. The summed E-state index contributed by atoms with van der Waals surface area (Å²) < 4.78 is 0. The monoisotopic (exact) mass is 123 g/mol. The van der Waals surface area contributed by atoms with Crippen LogP contribution in [0.4, 0.5) is 0 Å². The first-order valence-corrected chi connectivity index (χ1v) is 3.51. The third-order valence-electron chi connectivity index (χ3n) is 2.16. The Labute approximate surface area is 56.6 Å². The fraction of sp³-hybridized carbons (Fsp3) is 0.750. The Hall–Kier alpha value is -0.480. The fourth-order valence-electron chi connectivity index (χ4n) is 1.30.